The third-order valence-corrected chi connectivity index (χ3v) is 2.69. The van der Waals surface area contributed by atoms with E-state index in [2.05, 4.69) is 15.4 Å². The minimum Gasteiger partial charge on any atom is -0.480 e. The molecule has 21 heavy (non-hydrogen) atoms. The summed E-state index contributed by atoms with van der Waals surface area (Å²) in [5.41, 5.74) is 0. The molecule has 3 N–H and O–H groups in total. The highest BCUT2D eigenvalue weighted by Gasteiger charge is 2.23. The summed E-state index contributed by atoms with van der Waals surface area (Å²) in [6.07, 6.45) is 1.83. The number of carboxylic acids is 1. The molecule has 0 saturated carbocycles. The fourth-order valence-corrected chi connectivity index (χ4v) is 1.57. The highest BCUT2D eigenvalue weighted by Crippen LogP contribution is 2.01. The minimum atomic E-state index is -1.28. The molecule has 0 saturated heterocycles. The van der Waals surface area contributed by atoms with Crippen LogP contribution >= 0.6 is 0 Å². The molecule has 8 nitrogen and oxygen atoms in total. The number of carboxylic acid groups (broad SMARTS) is 1. The van der Waals surface area contributed by atoms with Gasteiger partial charge in [-0.05, 0) is 12.8 Å². The molecule has 0 aromatic heterocycles. The van der Waals surface area contributed by atoms with Crippen molar-refractivity contribution in [1.29, 1.82) is 0 Å². The SMILES string of the molecule is COC(=O)C[C@H](NC(=O)CCCCCNC(C)=O)C(=O)O. The zero-order valence-corrected chi connectivity index (χ0v) is 12.3. The number of carbonyl (C=O) groups excluding carboxylic acids is 3. The number of carbonyl (C=O) groups is 4. The molecule has 0 unspecified atom stereocenters. The molecule has 1 atom stereocenters. The Morgan fingerprint density at radius 2 is 1.81 bits per heavy atom. The number of aliphatic carboxylic acids is 1. The van der Waals surface area contributed by atoms with E-state index >= 15 is 0 Å². The monoisotopic (exact) mass is 302 g/mol. The average molecular weight is 302 g/mol. The molecule has 0 aliphatic carbocycles. The Labute approximate surface area is 123 Å². The van der Waals surface area contributed by atoms with Gasteiger partial charge in [-0.1, -0.05) is 6.42 Å². The van der Waals surface area contributed by atoms with Gasteiger partial charge in [0.1, 0.15) is 6.04 Å². The van der Waals surface area contributed by atoms with Crippen molar-refractivity contribution in [2.24, 2.45) is 0 Å². The fourth-order valence-electron chi connectivity index (χ4n) is 1.57. The molecule has 0 heterocycles. The van der Waals surface area contributed by atoms with Crippen LogP contribution < -0.4 is 10.6 Å². The Morgan fingerprint density at radius 1 is 1.14 bits per heavy atom. The van der Waals surface area contributed by atoms with Crippen LogP contribution in [0.15, 0.2) is 0 Å². The molecule has 8 heteroatoms. The van der Waals surface area contributed by atoms with E-state index in [1.54, 1.807) is 0 Å². The second kappa shape index (κ2) is 10.6. The molecular weight excluding hydrogens is 280 g/mol. The van der Waals surface area contributed by atoms with Gasteiger partial charge in [-0.25, -0.2) is 4.79 Å². The number of rotatable bonds is 10. The van der Waals surface area contributed by atoms with Crippen molar-refractivity contribution in [3.63, 3.8) is 0 Å². The Kier molecular flexibility index (Phi) is 9.57. The molecule has 0 aromatic carbocycles. The predicted octanol–water partition coefficient (Wildman–Crippen LogP) is -0.185. The maximum Gasteiger partial charge on any atom is 0.326 e. The van der Waals surface area contributed by atoms with Crippen LogP contribution in [-0.2, 0) is 23.9 Å². The molecule has 0 aliphatic heterocycles. The van der Waals surface area contributed by atoms with Crippen LogP contribution in [0.1, 0.15) is 39.0 Å². The number of nitrogens with one attached hydrogen (secondary N) is 2. The Hall–Kier alpha value is -2.12. The summed E-state index contributed by atoms with van der Waals surface area (Å²) in [5.74, 6) is -2.50. The minimum absolute atomic E-state index is 0.0974. The number of hydrogen-bond acceptors (Lipinski definition) is 5. The molecule has 0 rings (SSSR count). The standard InChI is InChI=1S/C13H22N2O6/c1-9(16)14-7-5-3-4-6-11(17)15-10(13(19)20)8-12(18)21-2/h10H,3-8H2,1-2H3,(H,14,16)(H,15,17)(H,19,20)/t10-/m0/s1. The first-order valence-electron chi connectivity index (χ1n) is 6.70. The van der Waals surface area contributed by atoms with Gasteiger partial charge in [-0.3, -0.25) is 14.4 Å². The first-order valence-corrected chi connectivity index (χ1v) is 6.70. The van der Waals surface area contributed by atoms with Crippen molar-refractivity contribution in [1.82, 2.24) is 10.6 Å². The number of ether oxygens (including phenoxy) is 1. The molecule has 0 radical (unpaired) electrons. The summed E-state index contributed by atoms with van der Waals surface area (Å²) >= 11 is 0. The van der Waals surface area contributed by atoms with Crippen LogP contribution in [0, 0.1) is 0 Å². The van der Waals surface area contributed by atoms with Crippen molar-refractivity contribution in [2.45, 2.75) is 45.1 Å². The maximum absolute atomic E-state index is 11.6. The molecule has 2 amide bonds. The molecule has 0 aromatic rings. The lowest BCUT2D eigenvalue weighted by Crippen LogP contribution is -2.42. The summed E-state index contributed by atoms with van der Waals surface area (Å²) in [4.78, 5) is 44.1. The van der Waals surface area contributed by atoms with Gasteiger partial charge in [-0.2, -0.15) is 0 Å². The van der Waals surface area contributed by atoms with Gasteiger partial charge in [0.05, 0.1) is 13.5 Å². The van der Waals surface area contributed by atoms with E-state index in [9.17, 15) is 19.2 Å². The van der Waals surface area contributed by atoms with E-state index in [0.29, 0.717) is 13.0 Å². The summed E-state index contributed by atoms with van der Waals surface area (Å²) in [6.45, 7) is 1.98. The largest absolute Gasteiger partial charge is 0.480 e. The van der Waals surface area contributed by atoms with E-state index in [4.69, 9.17) is 5.11 Å². The molecule has 0 aliphatic rings. The molecule has 120 valence electrons. The quantitative estimate of drug-likeness (QED) is 0.380. The molecular formula is C13H22N2O6. The smallest absolute Gasteiger partial charge is 0.326 e. The lowest BCUT2D eigenvalue weighted by atomic mass is 10.1. The van der Waals surface area contributed by atoms with E-state index in [1.807, 2.05) is 0 Å². The van der Waals surface area contributed by atoms with Gasteiger partial charge in [-0.15, -0.1) is 0 Å². The third kappa shape index (κ3) is 10.3. The highest BCUT2D eigenvalue weighted by molar-refractivity contribution is 5.87. The first kappa shape index (κ1) is 18.9. The van der Waals surface area contributed by atoms with Crippen molar-refractivity contribution in [3.8, 4) is 0 Å². The predicted molar refractivity (Wildman–Crippen MR) is 73.4 cm³/mol. The maximum atomic E-state index is 11.6. The van der Waals surface area contributed by atoms with Crippen LogP contribution in [0.3, 0.4) is 0 Å². The van der Waals surface area contributed by atoms with Crippen LogP contribution in [0.2, 0.25) is 0 Å². The fraction of sp³-hybridized carbons (Fsp3) is 0.692. The summed E-state index contributed by atoms with van der Waals surface area (Å²) < 4.78 is 4.37. The number of hydrogen-bond donors (Lipinski definition) is 3. The topological polar surface area (TPSA) is 122 Å². The zero-order chi connectivity index (χ0) is 16.3. The van der Waals surface area contributed by atoms with E-state index < -0.39 is 30.3 Å². The zero-order valence-electron chi connectivity index (χ0n) is 12.3. The summed E-state index contributed by atoms with van der Waals surface area (Å²) in [5, 5.41) is 13.8. The van der Waals surface area contributed by atoms with E-state index in [-0.39, 0.29) is 12.3 Å². The Balaban J connectivity index is 3.91. The van der Waals surface area contributed by atoms with Crippen molar-refractivity contribution < 1.29 is 29.0 Å². The first-order chi connectivity index (χ1) is 9.86. The Morgan fingerprint density at radius 3 is 2.33 bits per heavy atom. The second-order valence-corrected chi connectivity index (χ2v) is 4.53. The average Bonchev–Trinajstić information content (AvgIpc) is 2.41. The number of unbranched alkanes of at least 4 members (excludes halogenated alkanes) is 2. The van der Waals surface area contributed by atoms with Crippen molar-refractivity contribution in [3.05, 3.63) is 0 Å². The second-order valence-electron chi connectivity index (χ2n) is 4.53. The van der Waals surface area contributed by atoms with Crippen molar-refractivity contribution in [2.75, 3.05) is 13.7 Å². The Bertz CT molecular complexity index is 383. The van der Waals surface area contributed by atoms with Crippen LogP contribution in [0.4, 0.5) is 0 Å². The third-order valence-electron chi connectivity index (χ3n) is 2.69. The van der Waals surface area contributed by atoms with Crippen LogP contribution in [0.25, 0.3) is 0 Å². The van der Waals surface area contributed by atoms with Crippen LogP contribution in [0.5, 0.6) is 0 Å². The van der Waals surface area contributed by atoms with Crippen LogP contribution in [-0.4, -0.2) is 48.6 Å². The summed E-state index contributed by atoms with van der Waals surface area (Å²) in [6, 6.07) is -1.27. The number of amides is 2. The van der Waals surface area contributed by atoms with Gasteiger partial charge < -0.3 is 20.5 Å². The lowest BCUT2D eigenvalue weighted by Gasteiger charge is -2.13. The molecule has 0 spiro atoms. The number of esters is 1. The summed E-state index contributed by atoms with van der Waals surface area (Å²) in [7, 11) is 1.15. The lowest BCUT2D eigenvalue weighted by molar-refractivity contribution is -0.148. The van der Waals surface area contributed by atoms with Gasteiger partial charge in [0.25, 0.3) is 0 Å². The number of methoxy groups -OCH3 is 1. The van der Waals surface area contributed by atoms with Gasteiger partial charge in [0.15, 0.2) is 0 Å². The van der Waals surface area contributed by atoms with E-state index in [0.717, 1.165) is 20.0 Å². The van der Waals surface area contributed by atoms with Gasteiger partial charge in [0.2, 0.25) is 11.8 Å². The normalized spacial score (nSPS) is 11.3. The van der Waals surface area contributed by atoms with Gasteiger partial charge in [0, 0.05) is 19.9 Å². The molecule has 0 fully saturated rings. The van der Waals surface area contributed by atoms with Crippen molar-refractivity contribution >= 4 is 23.8 Å². The molecule has 0 bridgehead atoms. The van der Waals surface area contributed by atoms with E-state index in [1.165, 1.54) is 6.92 Å². The highest BCUT2D eigenvalue weighted by atomic mass is 16.5. The van der Waals surface area contributed by atoms with Gasteiger partial charge >= 0.3 is 11.9 Å².